The molecule has 0 aliphatic heterocycles. The highest BCUT2D eigenvalue weighted by Crippen LogP contribution is 2.27. The lowest BCUT2D eigenvalue weighted by Gasteiger charge is -2.05. The number of hydrogen-bond donors (Lipinski definition) is 3. The number of para-hydroxylation sites is 1. The van der Waals surface area contributed by atoms with Crippen molar-refractivity contribution < 1.29 is 24.5 Å². The number of anilines is 1. The monoisotopic (exact) mass is 458 g/mol. The van der Waals surface area contributed by atoms with Gasteiger partial charge in [-0.2, -0.15) is 5.10 Å². The summed E-state index contributed by atoms with van der Waals surface area (Å²) in [4.78, 5) is 12.7. The number of phenols is 2. The van der Waals surface area contributed by atoms with Crippen LogP contribution >= 0.6 is 0 Å². The predicted octanol–water partition coefficient (Wildman–Crippen LogP) is 5.27. The Morgan fingerprint density at radius 1 is 0.853 bits per heavy atom. The molecule has 174 valence electrons. The second kappa shape index (κ2) is 11.9. The smallest absolute Gasteiger partial charge is 0.161 e. The van der Waals surface area contributed by atoms with Crippen LogP contribution in [0.2, 0.25) is 0 Å². The van der Waals surface area contributed by atoms with Gasteiger partial charge in [-0.15, -0.1) is 0 Å². The van der Waals surface area contributed by atoms with Crippen LogP contribution < -0.4 is 14.9 Å². The van der Waals surface area contributed by atoms with E-state index in [2.05, 4.69) is 10.5 Å². The third-order valence-corrected chi connectivity index (χ3v) is 4.80. The van der Waals surface area contributed by atoms with E-state index in [-0.39, 0.29) is 23.7 Å². The molecule has 0 heterocycles. The highest BCUT2D eigenvalue weighted by molar-refractivity contribution is 6.13. The predicted molar refractivity (Wildman–Crippen MR) is 135 cm³/mol. The average Bonchev–Trinajstić information content (AvgIpc) is 2.86. The SMILES string of the molecule is COc1cc(/C=C/C(=O)CC(/C=C/c2ccc(O)c(OC)c2)=N/Nc2ccccc2)ccc1O. The van der Waals surface area contributed by atoms with Crippen molar-refractivity contribution >= 4 is 29.3 Å². The molecule has 0 unspecified atom stereocenters. The number of ketones is 1. The van der Waals surface area contributed by atoms with Crippen LogP contribution in [0.25, 0.3) is 12.2 Å². The molecule has 0 spiro atoms. The maximum atomic E-state index is 12.7. The summed E-state index contributed by atoms with van der Waals surface area (Å²) in [6.07, 6.45) is 6.69. The molecule has 7 nitrogen and oxygen atoms in total. The third-order valence-electron chi connectivity index (χ3n) is 4.80. The van der Waals surface area contributed by atoms with Crippen LogP contribution in [0.5, 0.6) is 23.0 Å². The van der Waals surface area contributed by atoms with Crippen LogP contribution in [-0.2, 0) is 4.79 Å². The highest BCUT2D eigenvalue weighted by atomic mass is 16.5. The van der Waals surface area contributed by atoms with Gasteiger partial charge in [-0.05, 0) is 59.7 Å². The van der Waals surface area contributed by atoms with E-state index in [4.69, 9.17) is 9.47 Å². The van der Waals surface area contributed by atoms with E-state index in [0.29, 0.717) is 17.2 Å². The van der Waals surface area contributed by atoms with E-state index in [1.165, 1.54) is 32.4 Å². The van der Waals surface area contributed by atoms with Crippen molar-refractivity contribution in [2.45, 2.75) is 6.42 Å². The van der Waals surface area contributed by atoms with Crippen molar-refractivity contribution in [1.82, 2.24) is 0 Å². The Bertz CT molecular complexity index is 1220. The Balaban J connectivity index is 1.78. The minimum Gasteiger partial charge on any atom is -0.504 e. The molecule has 3 rings (SSSR count). The minimum absolute atomic E-state index is 0.0309. The number of hydrogen-bond acceptors (Lipinski definition) is 7. The molecule has 0 radical (unpaired) electrons. The van der Waals surface area contributed by atoms with Gasteiger partial charge in [-0.25, -0.2) is 0 Å². The van der Waals surface area contributed by atoms with Crippen molar-refractivity contribution in [1.29, 1.82) is 0 Å². The lowest BCUT2D eigenvalue weighted by Crippen LogP contribution is -2.06. The van der Waals surface area contributed by atoms with Gasteiger partial charge in [-0.3, -0.25) is 10.2 Å². The molecule has 0 amide bonds. The number of carbonyl (C=O) groups excluding carboxylic acids is 1. The van der Waals surface area contributed by atoms with Gasteiger partial charge in [0.15, 0.2) is 28.8 Å². The van der Waals surface area contributed by atoms with Gasteiger partial charge >= 0.3 is 0 Å². The van der Waals surface area contributed by atoms with Gasteiger partial charge in [0, 0.05) is 0 Å². The topological polar surface area (TPSA) is 100 Å². The second-order valence-corrected chi connectivity index (χ2v) is 7.25. The molecular formula is C27H26N2O5. The van der Waals surface area contributed by atoms with E-state index in [9.17, 15) is 15.0 Å². The second-order valence-electron chi connectivity index (χ2n) is 7.25. The molecule has 3 aromatic rings. The molecule has 0 bridgehead atoms. The number of phenolic OH excluding ortho intramolecular Hbond substituents is 2. The zero-order valence-electron chi connectivity index (χ0n) is 18.9. The molecular weight excluding hydrogens is 432 g/mol. The van der Waals surface area contributed by atoms with E-state index < -0.39 is 0 Å². The summed E-state index contributed by atoms with van der Waals surface area (Å²) in [6.45, 7) is 0. The first kappa shape index (κ1) is 24.1. The Kier molecular flexibility index (Phi) is 8.46. The summed E-state index contributed by atoms with van der Waals surface area (Å²) in [7, 11) is 2.94. The van der Waals surface area contributed by atoms with Crippen LogP contribution in [0.15, 0.2) is 84.0 Å². The Labute approximate surface area is 198 Å². The molecule has 0 aromatic heterocycles. The summed E-state index contributed by atoms with van der Waals surface area (Å²) in [5.41, 5.74) is 5.76. The molecule has 0 saturated heterocycles. The van der Waals surface area contributed by atoms with E-state index in [1.54, 1.807) is 42.5 Å². The number of aromatic hydroxyl groups is 2. The standard InChI is InChI=1S/C27H26N2O5/c1-33-26-16-19(10-14-24(26)31)8-12-22(29-28-21-6-4-3-5-7-21)18-23(30)13-9-20-11-15-25(32)27(17-20)34-2/h3-17,28,31-32H,18H2,1-2H3/b12-8+,13-9+,29-22+. The molecule has 0 atom stereocenters. The number of nitrogens with one attached hydrogen (secondary N) is 1. The number of rotatable bonds is 10. The summed E-state index contributed by atoms with van der Waals surface area (Å²) in [6, 6.07) is 19.2. The van der Waals surface area contributed by atoms with E-state index in [1.807, 2.05) is 30.3 Å². The molecule has 3 aromatic carbocycles. The fourth-order valence-electron chi connectivity index (χ4n) is 3.00. The average molecular weight is 459 g/mol. The van der Waals surface area contributed by atoms with Crippen LogP contribution in [0.3, 0.4) is 0 Å². The lowest BCUT2D eigenvalue weighted by atomic mass is 10.1. The molecule has 0 aliphatic rings. The fraction of sp³-hybridized carbons (Fsp3) is 0.111. The number of ether oxygens (including phenoxy) is 2. The van der Waals surface area contributed by atoms with Gasteiger partial charge < -0.3 is 19.7 Å². The quantitative estimate of drug-likeness (QED) is 0.217. The third kappa shape index (κ3) is 7.00. The highest BCUT2D eigenvalue weighted by Gasteiger charge is 2.06. The van der Waals surface area contributed by atoms with Crippen LogP contribution in [-0.4, -0.2) is 35.9 Å². The normalized spacial score (nSPS) is 11.6. The first-order chi connectivity index (χ1) is 16.5. The first-order valence-corrected chi connectivity index (χ1v) is 10.5. The van der Waals surface area contributed by atoms with Gasteiger partial charge in [0.1, 0.15) is 0 Å². The van der Waals surface area contributed by atoms with E-state index in [0.717, 1.165) is 16.8 Å². The van der Waals surface area contributed by atoms with Crippen molar-refractivity contribution in [2.24, 2.45) is 5.10 Å². The molecule has 0 fully saturated rings. The molecule has 34 heavy (non-hydrogen) atoms. The minimum atomic E-state index is -0.159. The van der Waals surface area contributed by atoms with Crippen LogP contribution in [0.1, 0.15) is 17.5 Å². The van der Waals surface area contributed by atoms with Crippen LogP contribution in [0, 0.1) is 0 Å². The van der Waals surface area contributed by atoms with Crippen LogP contribution in [0.4, 0.5) is 5.69 Å². The number of nitrogens with zero attached hydrogens (tertiary/aromatic N) is 1. The zero-order valence-corrected chi connectivity index (χ0v) is 18.9. The van der Waals surface area contributed by atoms with Crippen molar-refractivity contribution in [3.8, 4) is 23.0 Å². The van der Waals surface area contributed by atoms with Crippen molar-refractivity contribution in [2.75, 3.05) is 19.6 Å². The number of allylic oxidation sites excluding steroid dienone is 2. The Morgan fingerprint density at radius 2 is 1.41 bits per heavy atom. The van der Waals surface area contributed by atoms with Crippen molar-refractivity contribution in [3.63, 3.8) is 0 Å². The van der Waals surface area contributed by atoms with Gasteiger partial charge in [0.25, 0.3) is 0 Å². The lowest BCUT2D eigenvalue weighted by molar-refractivity contribution is -0.113. The number of benzene rings is 3. The molecule has 7 heteroatoms. The van der Waals surface area contributed by atoms with Gasteiger partial charge in [-0.1, -0.05) is 42.5 Å². The summed E-state index contributed by atoms with van der Waals surface area (Å²) >= 11 is 0. The summed E-state index contributed by atoms with van der Waals surface area (Å²) < 4.78 is 10.2. The van der Waals surface area contributed by atoms with Gasteiger partial charge in [0.05, 0.1) is 32.0 Å². The maximum absolute atomic E-state index is 12.7. The largest absolute Gasteiger partial charge is 0.504 e. The zero-order chi connectivity index (χ0) is 24.3. The van der Waals surface area contributed by atoms with Crippen molar-refractivity contribution in [3.05, 3.63) is 90.0 Å². The molecule has 0 aliphatic carbocycles. The fourth-order valence-corrected chi connectivity index (χ4v) is 3.00. The molecule has 3 N–H and O–H groups in total. The molecule has 0 saturated carbocycles. The first-order valence-electron chi connectivity index (χ1n) is 10.5. The Morgan fingerprint density at radius 3 is 1.97 bits per heavy atom. The van der Waals surface area contributed by atoms with Gasteiger partial charge in [0.2, 0.25) is 0 Å². The number of hydrazone groups is 1. The maximum Gasteiger partial charge on any atom is 0.161 e. The number of carbonyl (C=O) groups is 1. The summed E-state index contributed by atoms with van der Waals surface area (Å²) in [5.74, 6) is 0.602. The Hall–Kier alpha value is -4.52. The number of methoxy groups -OCH3 is 2. The van der Waals surface area contributed by atoms with E-state index >= 15 is 0 Å². The summed E-state index contributed by atoms with van der Waals surface area (Å²) in [5, 5.41) is 23.9.